The topological polar surface area (TPSA) is 35.1 Å². The van der Waals surface area contributed by atoms with Gasteiger partial charge in [0.2, 0.25) is 0 Å². The summed E-state index contributed by atoms with van der Waals surface area (Å²) >= 11 is 0. The number of fused-ring (bicyclic) bond motifs is 7. The Kier molecular flexibility index (Phi) is 9.03. The van der Waals surface area contributed by atoms with Crippen molar-refractivity contribution in [3.05, 3.63) is 35.7 Å². The zero-order chi connectivity index (χ0) is 33.4. The third-order valence-electron chi connectivity index (χ3n) is 17.8. The molecule has 4 saturated carbocycles. The lowest BCUT2D eigenvalue weighted by atomic mass is 9.59. The van der Waals surface area contributed by atoms with Crippen LogP contribution >= 0.6 is 0 Å². The summed E-state index contributed by atoms with van der Waals surface area (Å²) in [4.78, 5) is 6.26. The van der Waals surface area contributed by atoms with Gasteiger partial charge in [-0.3, -0.25) is 5.32 Å². The average molecular weight is 682 g/mol. The van der Waals surface area contributed by atoms with E-state index in [1.807, 2.05) is 5.70 Å². The fraction of sp³-hybridized carbons (Fsp3) is 0.870. The summed E-state index contributed by atoms with van der Waals surface area (Å²) in [6.07, 6.45) is 44.4. The van der Waals surface area contributed by atoms with Gasteiger partial charge >= 0.3 is 0 Å². The molecule has 3 heterocycles. The molecule has 0 aromatic carbocycles. The second-order valence-electron chi connectivity index (χ2n) is 20.2. The zero-order valence-electron chi connectivity index (χ0n) is 32.1. The smallest absolute Gasteiger partial charge is 0.177 e. The number of likely N-dealkylation sites (tertiary alicyclic amines) is 2. The van der Waals surface area contributed by atoms with Crippen LogP contribution in [0.3, 0.4) is 0 Å². The van der Waals surface area contributed by atoms with Gasteiger partial charge in [0.15, 0.2) is 6.17 Å². The molecule has 4 nitrogen and oxygen atoms in total. The van der Waals surface area contributed by atoms with E-state index in [1.165, 1.54) is 148 Å². The van der Waals surface area contributed by atoms with Crippen molar-refractivity contribution in [2.75, 3.05) is 0 Å². The molecular formula is C46H73N4+. The molecule has 50 heavy (non-hydrogen) atoms. The Labute approximate surface area is 306 Å². The summed E-state index contributed by atoms with van der Waals surface area (Å²) in [5, 5.41) is 7.53. The third-order valence-corrected chi connectivity index (χ3v) is 17.8. The summed E-state index contributed by atoms with van der Waals surface area (Å²) in [7, 11) is 0. The SMILES string of the molecule is CC1CCCC2[NH2+]C(N3C4=CCC(C5CCC6C(C5)C5C=CCCC5N6C5=CCCCC5)CC4(C)C4CCCCC43)C(C3CCCCC3)NC12. The summed E-state index contributed by atoms with van der Waals surface area (Å²) in [5.74, 6) is 6.10. The first-order chi connectivity index (χ1) is 24.6. The molecule has 3 N–H and O–H groups in total. The van der Waals surface area contributed by atoms with Gasteiger partial charge in [-0.1, -0.05) is 70.3 Å². The maximum atomic E-state index is 4.52. The van der Waals surface area contributed by atoms with Gasteiger partial charge in [-0.25, -0.2) is 0 Å². The molecule has 3 saturated heterocycles. The number of nitrogens with zero attached hydrogens (tertiary/aromatic N) is 2. The van der Waals surface area contributed by atoms with Crippen LogP contribution in [0, 0.1) is 46.8 Å². The zero-order valence-corrected chi connectivity index (χ0v) is 32.1. The highest BCUT2D eigenvalue weighted by Crippen LogP contribution is 2.62. The molecule has 0 aromatic heterocycles. The molecule has 4 heteroatoms. The number of hydrogen-bond donors (Lipinski definition) is 2. The van der Waals surface area contributed by atoms with E-state index in [9.17, 15) is 0 Å². The van der Waals surface area contributed by atoms with Crippen molar-refractivity contribution in [3.8, 4) is 0 Å². The van der Waals surface area contributed by atoms with Gasteiger partial charge in [-0.15, -0.1) is 0 Å². The monoisotopic (exact) mass is 682 g/mol. The van der Waals surface area contributed by atoms with E-state index >= 15 is 0 Å². The van der Waals surface area contributed by atoms with Gasteiger partial charge in [0.1, 0.15) is 6.04 Å². The van der Waals surface area contributed by atoms with E-state index in [0.717, 1.165) is 71.6 Å². The lowest BCUT2D eigenvalue weighted by Crippen LogP contribution is -3.07. The second kappa shape index (κ2) is 13.5. The van der Waals surface area contributed by atoms with Crippen molar-refractivity contribution in [3.63, 3.8) is 0 Å². The number of rotatable bonds is 4. The van der Waals surface area contributed by atoms with Crippen molar-refractivity contribution in [2.45, 2.75) is 204 Å². The first-order valence-corrected chi connectivity index (χ1v) is 22.8. The predicted octanol–water partition coefficient (Wildman–Crippen LogP) is 9.05. The van der Waals surface area contributed by atoms with Crippen LogP contribution in [0.2, 0.25) is 0 Å². The first-order valence-electron chi connectivity index (χ1n) is 22.8. The summed E-state index contributed by atoms with van der Waals surface area (Å²) in [6, 6.07) is 4.56. The van der Waals surface area contributed by atoms with Gasteiger partial charge in [-0.2, -0.15) is 0 Å². The first kappa shape index (κ1) is 33.3. The highest BCUT2D eigenvalue weighted by Gasteiger charge is 2.61. The fourth-order valence-corrected chi connectivity index (χ4v) is 15.6. The number of nitrogens with one attached hydrogen (secondary N) is 1. The predicted molar refractivity (Wildman–Crippen MR) is 205 cm³/mol. The van der Waals surface area contributed by atoms with Crippen molar-refractivity contribution in [1.82, 2.24) is 15.1 Å². The lowest BCUT2D eigenvalue weighted by Gasteiger charge is -2.52. The van der Waals surface area contributed by atoms with Gasteiger partial charge < -0.3 is 15.1 Å². The number of piperazine rings is 1. The summed E-state index contributed by atoms with van der Waals surface area (Å²) in [6.45, 7) is 5.38. The third kappa shape index (κ3) is 5.47. The minimum absolute atomic E-state index is 0.383. The maximum absolute atomic E-state index is 4.52. The molecule has 7 aliphatic carbocycles. The molecule has 7 fully saturated rings. The molecule has 10 rings (SSSR count). The van der Waals surface area contributed by atoms with E-state index in [2.05, 4.69) is 58.6 Å². The van der Waals surface area contributed by atoms with Crippen molar-refractivity contribution in [1.29, 1.82) is 0 Å². The van der Waals surface area contributed by atoms with E-state index in [0.29, 0.717) is 17.6 Å². The standard InChI is InChI=1S/C46H72N4/c1-30-14-13-21-38-43(30)48-44(31-15-5-3-6-16-31)45(47-38)50-41-23-12-10-20-37(41)46(2)29-33(25-27-42(46)50)32-24-26-40-36(28-32)35-19-9-11-22-39(35)49(40)34-17-7-4-8-18-34/h9,17,19,27,30-33,35-41,43-45,47-48H,3-8,10-16,18,20-26,28-29H2,1-2H3/p+1. The quantitative estimate of drug-likeness (QED) is 0.291. The number of allylic oxidation sites excluding steroid dienone is 5. The van der Waals surface area contributed by atoms with Crippen LogP contribution in [0.15, 0.2) is 35.7 Å². The van der Waals surface area contributed by atoms with Crippen LogP contribution in [0.5, 0.6) is 0 Å². The molecule has 0 spiro atoms. The minimum Gasteiger partial charge on any atom is -0.368 e. The number of hydrogen-bond acceptors (Lipinski definition) is 3. The van der Waals surface area contributed by atoms with E-state index in [4.69, 9.17) is 0 Å². The Bertz CT molecular complexity index is 1330. The molecule has 0 aromatic rings. The Morgan fingerprint density at radius 2 is 1.60 bits per heavy atom. The molecule has 0 bridgehead atoms. The Morgan fingerprint density at radius 3 is 2.48 bits per heavy atom. The summed E-state index contributed by atoms with van der Waals surface area (Å²) < 4.78 is 0. The summed E-state index contributed by atoms with van der Waals surface area (Å²) in [5.41, 5.74) is 3.99. The molecule has 0 amide bonds. The van der Waals surface area contributed by atoms with Crippen LogP contribution in [0.25, 0.3) is 0 Å². The second-order valence-corrected chi connectivity index (χ2v) is 20.2. The van der Waals surface area contributed by atoms with Crippen LogP contribution in [-0.2, 0) is 0 Å². The molecule has 0 radical (unpaired) electrons. The van der Waals surface area contributed by atoms with Gasteiger partial charge in [0.25, 0.3) is 0 Å². The molecule has 10 aliphatic rings. The van der Waals surface area contributed by atoms with Gasteiger partial charge in [0, 0.05) is 47.3 Å². The molecule has 14 unspecified atom stereocenters. The van der Waals surface area contributed by atoms with E-state index in [1.54, 1.807) is 5.70 Å². The number of quaternary nitrogens is 1. The van der Waals surface area contributed by atoms with Gasteiger partial charge in [-0.05, 0) is 145 Å². The normalized spacial score (nSPS) is 49.3. The molecular weight excluding hydrogens is 609 g/mol. The highest BCUT2D eigenvalue weighted by molar-refractivity contribution is 5.29. The van der Waals surface area contributed by atoms with E-state index < -0.39 is 0 Å². The van der Waals surface area contributed by atoms with Crippen LogP contribution in [0.1, 0.15) is 162 Å². The molecule has 3 aliphatic heterocycles. The Balaban J connectivity index is 0.931. The van der Waals surface area contributed by atoms with Crippen molar-refractivity contribution < 1.29 is 5.32 Å². The van der Waals surface area contributed by atoms with Crippen LogP contribution in [-0.4, -0.2) is 52.2 Å². The van der Waals surface area contributed by atoms with E-state index in [-0.39, 0.29) is 0 Å². The number of nitrogens with two attached hydrogens (primary N) is 1. The van der Waals surface area contributed by atoms with Gasteiger partial charge in [0.05, 0.1) is 12.1 Å². The Morgan fingerprint density at radius 1 is 0.720 bits per heavy atom. The highest BCUT2D eigenvalue weighted by atomic mass is 15.4. The van der Waals surface area contributed by atoms with Crippen LogP contribution in [0.4, 0.5) is 0 Å². The largest absolute Gasteiger partial charge is 0.368 e. The lowest BCUT2D eigenvalue weighted by molar-refractivity contribution is -0.756. The maximum Gasteiger partial charge on any atom is 0.177 e. The molecule has 14 atom stereocenters. The minimum atomic E-state index is 0.383. The fourth-order valence-electron chi connectivity index (χ4n) is 15.6. The van der Waals surface area contributed by atoms with Crippen LogP contribution < -0.4 is 10.6 Å². The Hall–Kier alpha value is -1.26. The van der Waals surface area contributed by atoms with Crippen molar-refractivity contribution >= 4 is 0 Å². The molecule has 276 valence electrons. The average Bonchev–Trinajstić information content (AvgIpc) is 3.64. The van der Waals surface area contributed by atoms with Crippen molar-refractivity contribution in [2.24, 2.45) is 46.8 Å².